The molecule has 1 aliphatic rings. The molecule has 0 spiro atoms. The van der Waals surface area contributed by atoms with Crippen LogP contribution in [0.25, 0.3) is 0 Å². The van der Waals surface area contributed by atoms with Crippen LogP contribution >= 0.6 is 0 Å². The summed E-state index contributed by atoms with van der Waals surface area (Å²) in [6.45, 7) is 5.85. The molecule has 2 atom stereocenters. The fraction of sp³-hybridized carbons (Fsp3) is 0.909. The molecule has 1 rings (SSSR count). The van der Waals surface area contributed by atoms with E-state index in [0.29, 0.717) is 12.7 Å². The Balaban J connectivity index is 2.47. The molecule has 2 unspecified atom stereocenters. The van der Waals surface area contributed by atoms with Crippen LogP contribution in [0.15, 0.2) is 0 Å². The van der Waals surface area contributed by atoms with Gasteiger partial charge in [-0.15, -0.1) is 0 Å². The molecule has 1 fully saturated rings. The number of hydrogen-bond acceptors (Lipinski definition) is 3. The molecule has 0 aromatic rings. The van der Waals surface area contributed by atoms with Crippen molar-refractivity contribution in [2.24, 2.45) is 0 Å². The van der Waals surface area contributed by atoms with Crippen molar-refractivity contribution in [2.75, 3.05) is 27.3 Å². The first-order valence-electron chi connectivity index (χ1n) is 5.74. The van der Waals surface area contributed by atoms with E-state index in [4.69, 9.17) is 0 Å². The monoisotopic (exact) mass is 213 g/mol. The van der Waals surface area contributed by atoms with Gasteiger partial charge in [-0.3, -0.25) is 10.1 Å². The molecule has 15 heavy (non-hydrogen) atoms. The molecule has 1 N–H and O–H groups in total. The molecule has 1 amide bonds. The zero-order chi connectivity index (χ0) is 11.4. The number of hydrogen-bond donors (Lipinski definition) is 1. The van der Waals surface area contributed by atoms with Crippen LogP contribution in [0.2, 0.25) is 0 Å². The molecule has 88 valence electrons. The summed E-state index contributed by atoms with van der Waals surface area (Å²) in [5.74, 6) is 0.270. The molecule has 1 saturated heterocycles. The maximum Gasteiger partial charge on any atom is 0.241 e. The highest BCUT2D eigenvalue weighted by atomic mass is 16.2. The molecule has 0 aromatic heterocycles. The van der Waals surface area contributed by atoms with Gasteiger partial charge in [0, 0.05) is 12.6 Å². The summed E-state index contributed by atoms with van der Waals surface area (Å²) in [5.41, 5.74) is 0. The Labute approximate surface area is 92.6 Å². The minimum Gasteiger partial charge on any atom is -0.325 e. The Morgan fingerprint density at radius 2 is 2.27 bits per heavy atom. The van der Waals surface area contributed by atoms with Crippen molar-refractivity contribution in [1.29, 1.82) is 0 Å². The maximum absolute atomic E-state index is 12.0. The van der Waals surface area contributed by atoms with E-state index in [0.717, 1.165) is 19.4 Å². The van der Waals surface area contributed by atoms with Gasteiger partial charge in [0.1, 0.15) is 0 Å². The van der Waals surface area contributed by atoms with Crippen molar-refractivity contribution in [3.05, 3.63) is 0 Å². The second kappa shape index (κ2) is 5.47. The molecule has 4 heteroatoms. The van der Waals surface area contributed by atoms with E-state index in [-0.39, 0.29) is 11.9 Å². The van der Waals surface area contributed by atoms with Gasteiger partial charge in [0.15, 0.2) is 0 Å². The van der Waals surface area contributed by atoms with Gasteiger partial charge in [-0.1, -0.05) is 13.3 Å². The number of rotatable bonds is 5. The van der Waals surface area contributed by atoms with E-state index < -0.39 is 0 Å². The first kappa shape index (κ1) is 12.5. The van der Waals surface area contributed by atoms with Crippen LogP contribution in [0.1, 0.15) is 26.7 Å². The summed E-state index contributed by atoms with van der Waals surface area (Å²) in [6, 6.07) is 0.349. The van der Waals surface area contributed by atoms with Gasteiger partial charge in [0.25, 0.3) is 0 Å². The Kier molecular flexibility index (Phi) is 4.54. The average molecular weight is 213 g/mol. The zero-order valence-electron chi connectivity index (χ0n) is 10.3. The quantitative estimate of drug-likeness (QED) is 0.722. The van der Waals surface area contributed by atoms with Crippen LogP contribution in [0.3, 0.4) is 0 Å². The van der Waals surface area contributed by atoms with Crippen LogP contribution in [0, 0.1) is 0 Å². The highest BCUT2D eigenvalue weighted by molar-refractivity contribution is 5.84. The highest BCUT2D eigenvalue weighted by Gasteiger charge is 2.32. The lowest BCUT2D eigenvalue weighted by Gasteiger charge is -2.26. The summed E-state index contributed by atoms with van der Waals surface area (Å²) < 4.78 is 0. The molecule has 4 nitrogen and oxygen atoms in total. The van der Waals surface area contributed by atoms with Crippen LogP contribution in [-0.2, 0) is 4.79 Å². The average Bonchev–Trinajstić information content (AvgIpc) is 2.48. The molecule has 0 bridgehead atoms. The van der Waals surface area contributed by atoms with Crippen molar-refractivity contribution < 1.29 is 4.79 Å². The van der Waals surface area contributed by atoms with Crippen molar-refractivity contribution in [3.63, 3.8) is 0 Å². The third-order valence-corrected chi connectivity index (χ3v) is 2.83. The first-order valence-corrected chi connectivity index (χ1v) is 5.74. The molecule has 0 radical (unpaired) electrons. The lowest BCUT2D eigenvalue weighted by atomic mass is 10.1. The van der Waals surface area contributed by atoms with E-state index in [2.05, 4.69) is 24.1 Å². The Morgan fingerprint density at radius 3 is 2.80 bits per heavy atom. The number of carbonyl (C=O) groups is 1. The first-order chi connectivity index (χ1) is 7.06. The topological polar surface area (TPSA) is 35.6 Å². The minimum absolute atomic E-state index is 0.0552. The molecule has 1 aliphatic heterocycles. The van der Waals surface area contributed by atoms with Gasteiger partial charge < -0.3 is 9.80 Å². The number of nitrogens with one attached hydrogen (secondary N) is 1. The third kappa shape index (κ3) is 3.18. The fourth-order valence-electron chi connectivity index (χ4n) is 2.09. The lowest BCUT2D eigenvalue weighted by Crippen LogP contribution is -2.42. The number of likely N-dealkylation sites (N-methyl/N-ethyl adjacent to an activating group) is 1. The Morgan fingerprint density at radius 1 is 1.60 bits per heavy atom. The van der Waals surface area contributed by atoms with Gasteiger partial charge >= 0.3 is 0 Å². The SMILES string of the molecule is CCCC1NCN(C(C)CN(C)C)C1=O. The predicted molar refractivity (Wildman–Crippen MR) is 61.6 cm³/mol. The minimum atomic E-state index is 0.0552. The van der Waals surface area contributed by atoms with Crippen molar-refractivity contribution in [3.8, 4) is 0 Å². The lowest BCUT2D eigenvalue weighted by molar-refractivity contribution is -0.130. The fourth-order valence-corrected chi connectivity index (χ4v) is 2.09. The molecule has 0 aliphatic carbocycles. The summed E-state index contributed by atoms with van der Waals surface area (Å²) >= 11 is 0. The summed E-state index contributed by atoms with van der Waals surface area (Å²) in [4.78, 5) is 16.0. The molecular formula is C11H23N3O. The van der Waals surface area contributed by atoms with Crippen molar-refractivity contribution >= 4 is 5.91 Å². The van der Waals surface area contributed by atoms with Crippen LogP contribution in [0.5, 0.6) is 0 Å². The van der Waals surface area contributed by atoms with Gasteiger partial charge in [-0.25, -0.2) is 0 Å². The van der Waals surface area contributed by atoms with Crippen LogP contribution in [-0.4, -0.2) is 55.1 Å². The maximum atomic E-state index is 12.0. The van der Waals surface area contributed by atoms with Gasteiger partial charge in [0.05, 0.1) is 12.7 Å². The number of carbonyl (C=O) groups excluding carboxylic acids is 1. The Bertz CT molecular complexity index is 218. The zero-order valence-corrected chi connectivity index (χ0v) is 10.3. The summed E-state index contributed by atoms with van der Waals surface area (Å²) in [5, 5.41) is 3.27. The van der Waals surface area contributed by atoms with Crippen molar-refractivity contribution in [2.45, 2.75) is 38.8 Å². The van der Waals surface area contributed by atoms with Crippen LogP contribution in [0.4, 0.5) is 0 Å². The van der Waals surface area contributed by atoms with E-state index >= 15 is 0 Å². The van der Waals surface area contributed by atoms with E-state index in [1.165, 1.54) is 0 Å². The number of nitrogens with zero attached hydrogens (tertiary/aromatic N) is 2. The molecule has 0 aromatic carbocycles. The second-order valence-electron chi connectivity index (χ2n) is 4.62. The van der Waals surface area contributed by atoms with Crippen molar-refractivity contribution in [1.82, 2.24) is 15.1 Å². The molecular weight excluding hydrogens is 190 g/mol. The van der Waals surface area contributed by atoms with Gasteiger partial charge in [-0.05, 0) is 27.4 Å². The largest absolute Gasteiger partial charge is 0.325 e. The smallest absolute Gasteiger partial charge is 0.241 e. The van der Waals surface area contributed by atoms with Gasteiger partial charge in [0.2, 0.25) is 5.91 Å². The van der Waals surface area contributed by atoms with E-state index in [9.17, 15) is 4.79 Å². The summed E-state index contributed by atoms with van der Waals surface area (Å²) in [7, 11) is 4.07. The summed E-state index contributed by atoms with van der Waals surface area (Å²) in [6.07, 6.45) is 2.00. The standard InChI is InChI=1S/C11H23N3O/c1-5-6-10-11(15)14(8-12-10)9(2)7-13(3)4/h9-10,12H,5-8H2,1-4H3. The van der Waals surface area contributed by atoms with Gasteiger partial charge in [-0.2, -0.15) is 0 Å². The third-order valence-electron chi connectivity index (χ3n) is 2.83. The van der Waals surface area contributed by atoms with E-state index in [1.807, 2.05) is 19.0 Å². The predicted octanol–water partition coefficient (Wildman–Crippen LogP) is 0.495. The normalized spacial score (nSPS) is 23.9. The van der Waals surface area contributed by atoms with E-state index in [1.54, 1.807) is 0 Å². The number of amides is 1. The molecule has 1 heterocycles. The van der Waals surface area contributed by atoms with Crippen LogP contribution < -0.4 is 5.32 Å². The second-order valence-corrected chi connectivity index (χ2v) is 4.62. The molecule has 0 saturated carbocycles. The Hall–Kier alpha value is -0.610. The highest BCUT2D eigenvalue weighted by Crippen LogP contribution is 2.12.